The van der Waals surface area contributed by atoms with E-state index in [1.807, 2.05) is 12.1 Å². The molecule has 0 spiro atoms. The molecule has 1 heterocycles. The van der Waals surface area contributed by atoms with Crippen molar-refractivity contribution in [3.05, 3.63) is 48.0 Å². The van der Waals surface area contributed by atoms with Gasteiger partial charge in [0.1, 0.15) is 5.75 Å². The van der Waals surface area contributed by atoms with Gasteiger partial charge in [-0.25, -0.2) is 4.98 Å². The van der Waals surface area contributed by atoms with Crippen LogP contribution in [0.4, 0.5) is 10.8 Å². The van der Waals surface area contributed by atoms with E-state index in [9.17, 15) is 4.79 Å². The number of nitrogens with two attached hydrogens (primary N) is 1. The summed E-state index contributed by atoms with van der Waals surface area (Å²) < 4.78 is 6.06. The summed E-state index contributed by atoms with van der Waals surface area (Å²) in [4.78, 5) is 16.4. The number of hydrogen-bond acceptors (Lipinski definition) is 5. The lowest BCUT2D eigenvalue weighted by Crippen LogP contribution is -2.11. The van der Waals surface area contributed by atoms with Crippen molar-refractivity contribution in [2.45, 2.75) is 0 Å². The summed E-state index contributed by atoms with van der Waals surface area (Å²) in [6.45, 7) is 0. The molecule has 6 heteroatoms. The molecule has 0 unspecified atom stereocenters. The molecule has 2 aromatic carbocycles. The van der Waals surface area contributed by atoms with E-state index < -0.39 is 0 Å². The molecule has 3 rings (SSSR count). The average Bonchev–Trinajstić information content (AvgIpc) is 2.86. The van der Waals surface area contributed by atoms with Gasteiger partial charge in [-0.05, 0) is 36.4 Å². The highest BCUT2D eigenvalue weighted by molar-refractivity contribution is 7.22. The Balaban J connectivity index is 1.84. The van der Waals surface area contributed by atoms with Gasteiger partial charge in [0.05, 0.1) is 17.3 Å². The lowest BCUT2D eigenvalue weighted by atomic mass is 10.2. The summed E-state index contributed by atoms with van der Waals surface area (Å²) in [5.41, 5.74) is 7.75. The highest BCUT2D eigenvalue weighted by atomic mass is 32.1. The maximum atomic E-state index is 12.2. The summed E-state index contributed by atoms with van der Waals surface area (Å²) in [7, 11) is 1.57. The number of carbonyl (C=O) groups excluding carboxylic acids is 1. The number of benzene rings is 2. The minimum atomic E-state index is -0.189. The zero-order valence-corrected chi connectivity index (χ0v) is 12.1. The largest absolute Gasteiger partial charge is 0.497 e. The van der Waals surface area contributed by atoms with Crippen molar-refractivity contribution in [3.63, 3.8) is 0 Å². The fourth-order valence-electron chi connectivity index (χ4n) is 1.99. The summed E-state index contributed by atoms with van der Waals surface area (Å²) in [6, 6.07) is 12.5. The minimum absolute atomic E-state index is 0.189. The van der Waals surface area contributed by atoms with Gasteiger partial charge in [-0.2, -0.15) is 0 Å². The van der Waals surface area contributed by atoms with Crippen LogP contribution in [0.15, 0.2) is 42.5 Å². The third kappa shape index (κ3) is 2.80. The Morgan fingerprint density at radius 3 is 2.95 bits per heavy atom. The summed E-state index contributed by atoms with van der Waals surface area (Å²) >= 11 is 1.39. The number of methoxy groups -OCH3 is 1. The fourth-order valence-corrected chi connectivity index (χ4v) is 2.76. The number of carbonyl (C=O) groups is 1. The standard InChI is InChI=1S/C15H13N3O2S/c1-20-11-4-2-3-9(7-11)14(19)17-10-5-6-12-13(8-10)21-15(16)18-12/h2-8H,1H3,(H2,16,18)(H,17,19). The van der Waals surface area contributed by atoms with Crippen LogP contribution in [-0.4, -0.2) is 18.0 Å². The number of fused-ring (bicyclic) bond motifs is 1. The number of amides is 1. The zero-order valence-electron chi connectivity index (χ0n) is 11.3. The van der Waals surface area contributed by atoms with Gasteiger partial charge < -0.3 is 15.8 Å². The van der Waals surface area contributed by atoms with Crippen LogP contribution in [0.2, 0.25) is 0 Å². The molecule has 3 aromatic rings. The normalized spacial score (nSPS) is 10.5. The number of aromatic nitrogens is 1. The topological polar surface area (TPSA) is 77.2 Å². The van der Waals surface area contributed by atoms with E-state index in [4.69, 9.17) is 10.5 Å². The number of nitrogen functional groups attached to an aromatic ring is 1. The molecule has 106 valence electrons. The Labute approximate surface area is 125 Å². The highest BCUT2D eigenvalue weighted by Crippen LogP contribution is 2.26. The predicted octanol–water partition coefficient (Wildman–Crippen LogP) is 3.14. The first kappa shape index (κ1) is 13.4. The lowest BCUT2D eigenvalue weighted by molar-refractivity contribution is 0.102. The molecular formula is C15H13N3O2S. The van der Waals surface area contributed by atoms with E-state index in [2.05, 4.69) is 10.3 Å². The van der Waals surface area contributed by atoms with Gasteiger partial charge in [0.25, 0.3) is 5.91 Å². The number of rotatable bonds is 3. The molecule has 0 aliphatic rings. The van der Waals surface area contributed by atoms with Gasteiger partial charge in [0.2, 0.25) is 0 Å². The van der Waals surface area contributed by atoms with Crippen LogP contribution in [0, 0.1) is 0 Å². The van der Waals surface area contributed by atoms with Crippen molar-refractivity contribution in [3.8, 4) is 5.75 Å². The monoisotopic (exact) mass is 299 g/mol. The number of thiazole rings is 1. The summed E-state index contributed by atoms with van der Waals surface area (Å²) in [6.07, 6.45) is 0. The van der Waals surface area contributed by atoms with Crippen LogP contribution >= 0.6 is 11.3 Å². The smallest absolute Gasteiger partial charge is 0.255 e. The Bertz CT molecular complexity index is 814. The van der Waals surface area contributed by atoms with Crippen LogP contribution in [0.3, 0.4) is 0 Å². The molecule has 3 N–H and O–H groups in total. The molecule has 0 bridgehead atoms. The van der Waals surface area contributed by atoms with Gasteiger partial charge in [0, 0.05) is 11.3 Å². The van der Waals surface area contributed by atoms with E-state index >= 15 is 0 Å². The van der Waals surface area contributed by atoms with Crippen molar-refractivity contribution >= 4 is 38.3 Å². The van der Waals surface area contributed by atoms with Crippen molar-refractivity contribution < 1.29 is 9.53 Å². The summed E-state index contributed by atoms with van der Waals surface area (Å²) in [5.74, 6) is 0.457. The van der Waals surface area contributed by atoms with Crippen LogP contribution in [0.1, 0.15) is 10.4 Å². The highest BCUT2D eigenvalue weighted by Gasteiger charge is 2.08. The molecule has 0 radical (unpaired) electrons. The molecule has 0 saturated carbocycles. The first-order chi connectivity index (χ1) is 10.2. The number of anilines is 2. The maximum Gasteiger partial charge on any atom is 0.255 e. The van der Waals surface area contributed by atoms with Gasteiger partial charge in [-0.3, -0.25) is 4.79 Å². The summed E-state index contributed by atoms with van der Waals surface area (Å²) in [5, 5.41) is 3.37. The third-order valence-electron chi connectivity index (χ3n) is 2.99. The Morgan fingerprint density at radius 1 is 1.29 bits per heavy atom. The van der Waals surface area contributed by atoms with Crippen LogP contribution in [0.5, 0.6) is 5.75 Å². The average molecular weight is 299 g/mol. The van der Waals surface area contributed by atoms with Crippen molar-refractivity contribution in [1.82, 2.24) is 4.98 Å². The van der Waals surface area contributed by atoms with Crippen molar-refractivity contribution in [2.75, 3.05) is 18.2 Å². The van der Waals surface area contributed by atoms with E-state index in [1.54, 1.807) is 37.4 Å². The van der Waals surface area contributed by atoms with Crippen LogP contribution in [-0.2, 0) is 0 Å². The van der Waals surface area contributed by atoms with Gasteiger partial charge in [-0.1, -0.05) is 17.4 Å². The number of hydrogen-bond donors (Lipinski definition) is 2. The fraction of sp³-hybridized carbons (Fsp3) is 0.0667. The van der Waals surface area contributed by atoms with Crippen LogP contribution < -0.4 is 15.8 Å². The molecular weight excluding hydrogens is 286 g/mol. The molecule has 0 aliphatic heterocycles. The molecule has 21 heavy (non-hydrogen) atoms. The molecule has 1 amide bonds. The second kappa shape index (κ2) is 5.41. The molecule has 0 atom stereocenters. The molecule has 0 saturated heterocycles. The number of nitrogens with one attached hydrogen (secondary N) is 1. The third-order valence-corrected chi connectivity index (χ3v) is 3.84. The second-order valence-corrected chi connectivity index (χ2v) is 5.48. The Kier molecular flexibility index (Phi) is 3.45. The Hall–Kier alpha value is -2.60. The second-order valence-electron chi connectivity index (χ2n) is 4.42. The molecule has 1 aromatic heterocycles. The van der Waals surface area contributed by atoms with Gasteiger partial charge >= 0.3 is 0 Å². The van der Waals surface area contributed by atoms with E-state index in [0.29, 0.717) is 22.1 Å². The van der Waals surface area contributed by atoms with Crippen molar-refractivity contribution in [2.24, 2.45) is 0 Å². The quantitative estimate of drug-likeness (QED) is 0.779. The molecule has 0 fully saturated rings. The Morgan fingerprint density at radius 2 is 2.14 bits per heavy atom. The minimum Gasteiger partial charge on any atom is -0.497 e. The van der Waals surface area contributed by atoms with E-state index in [0.717, 1.165) is 10.2 Å². The zero-order chi connectivity index (χ0) is 14.8. The number of nitrogens with zero attached hydrogens (tertiary/aromatic N) is 1. The SMILES string of the molecule is COc1cccc(C(=O)Nc2ccc3nc(N)sc3c2)c1. The number of ether oxygens (including phenoxy) is 1. The first-order valence-electron chi connectivity index (χ1n) is 6.27. The first-order valence-corrected chi connectivity index (χ1v) is 7.09. The van der Waals surface area contributed by atoms with Crippen LogP contribution in [0.25, 0.3) is 10.2 Å². The maximum absolute atomic E-state index is 12.2. The van der Waals surface area contributed by atoms with Gasteiger partial charge in [-0.15, -0.1) is 0 Å². The molecule has 0 aliphatic carbocycles. The van der Waals surface area contributed by atoms with E-state index in [1.165, 1.54) is 11.3 Å². The van der Waals surface area contributed by atoms with E-state index in [-0.39, 0.29) is 5.91 Å². The van der Waals surface area contributed by atoms with Gasteiger partial charge in [0.15, 0.2) is 5.13 Å². The lowest BCUT2D eigenvalue weighted by Gasteiger charge is -2.06. The molecule has 5 nitrogen and oxygen atoms in total. The predicted molar refractivity (Wildman–Crippen MR) is 85.0 cm³/mol. The van der Waals surface area contributed by atoms with Crippen molar-refractivity contribution in [1.29, 1.82) is 0 Å².